The number of anilines is 1. The molecule has 9 nitrogen and oxygen atoms in total. The van der Waals surface area contributed by atoms with Gasteiger partial charge in [-0.05, 0) is 48.0 Å². The molecule has 1 fully saturated rings. The number of carbonyl (C=O) groups excluding carboxylic acids is 2. The Hall–Kier alpha value is -4.44. The van der Waals surface area contributed by atoms with Gasteiger partial charge in [-0.15, -0.1) is 0 Å². The number of carbonyl (C=O) groups is 3. The number of benzene rings is 3. The molecule has 3 N–H and O–H groups in total. The first-order valence-corrected chi connectivity index (χ1v) is 11.5. The fourth-order valence-corrected chi connectivity index (χ4v) is 4.42. The smallest absolute Gasteiger partial charge is 0.335 e. The van der Waals surface area contributed by atoms with Gasteiger partial charge >= 0.3 is 11.9 Å². The number of Topliss-reactive ketones (excluding diaryl/α,β-unsaturated/α-hetero) is 1. The van der Waals surface area contributed by atoms with Crippen LogP contribution in [0.3, 0.4) is 0 Å². The molecule has 1 aliphatic rings. The number of H-pyrrole nitrogens is 1. The first-order chi connectivity index (χ1) is 17.3. The molecule has 0 bridgehead atoms. The van der Waals surface area contributed by atoms with E-state index in [1.807, 2.05) is 0 Å². The highest BCUT2D eigenvalue weighted by molar-refractivity contribution is 9.10. The molecule has 1 atom stereocenters. The van der Waals surface area contributed by atoms with E-state index in [0.717, 1.165) is 4.47 Å². The number of aromatic amines is 1. The summed E-state index contributed by atoms with van der Waals surface area (Å²) >= 11 is 3.34. The first-order valence-electron chi connectivity index (χ1n) is 10.7. The molecule has 1 saturated heterocycles. The van der Waals surface area contributed by atoms with E-state index in [-0.39, 0.29) is 22.8 Å². The molecule has 0 saturated carbocycles. The van der Waals surface area contributed by atoms with E-state index >= 15 is 0 Å². The van der Waals surface area contributed by atoms with Crippen LogP contribution in [0.1, 0.15) is 27.5 Å². The van der Waals surface area contributed by atoms with E-state index < -0.39 is 23.7 Å². The highest BCUT2D eigenvalue weighted by Crippen LogP contribution is 2.42. The summed E-state index contributed by atoms with van der Waals surface area (Å²) in [6.07, 6.45) is 0. The van der Waals surface area contributed by atoms with Gasteiger partial charge in [0.1, 0.15) is 11.5 Å². The summed E-state index contributed by atoms with van der Waals surface area (Å²) in [5.41, 5.74) is 1.65. The lowest BCUT2D eigenvalue weighted by Crippen LogP contribution is -2.30. The minimum atomic E-state index is -1.11. The van der Waals surface area contributed by atoms with E-state index in [1.54, 1.807) is 48.5 Å². The minimum Gasteiger partial charge on any atom is -0.507 e. The lowest BCUT2D eigenvalue weighted by atomic mass is 9.95. The largest absolute Gasteiger partial charge is 0.507 e. The Morgan fingerprint density at radius 1 is 1.00 bits per heavy atom. The first kappa shape index (κ1) is 23.3. The van der Waals surface area contributed by atoms with Gasteiger partial charge in [0.15, 0.2) is 0 Å². The van der Waals surface area contributed by atoms with Gasteiger partial charge in [-0.25, -0.2) is 9.78 Å². The third-order valence-corrected chi connectivity index (χ3v) is 6.47. The number of ether oxygens (including phenoxy) is 1. The number of fused-ring (bicyclic) bond motifs is 1. The Labute approximate surface area is 212 Å². The third-order valence-electron chi connectivity index (χ3n) is 5.94. The van der Waals surface area contributed by atoms with Crippen LogP contribution in [0.2, 0.25) is 0 Å². The number of hydrogen-bond acceptors (Lipinski definition) is 6. The number of aromatic carboxylic acids is 1. The molecule has 2 heterocycles. The fraction of sp³-hybridized carbons (Fsp3) is 0.0769. The van der Waals surface area contributed by atoms with Crippen LogP contribution in [0.5, 0.6) is 5.75 Å². The van der Waals surface area contributed by atoms with Crippen LogP contribution in [0.15, 0.2) is 76.8 Å². The van der Waals surface area contributed by atoms with Crippen molar-refractivity contribution in [1.29, 1.82) is 0 Å². The number of aromatic nitrogens is 2. The standard InChI is InChI=1S/C26H18BrN3O6/c1-36-17-9-4-13(5-10-17)21-20(22(31)14-2-7-16(27)8-3-14)23(32)24(33)30(21)26-28-18-11-6-15(25(34)35)12-19(18)29-26/h2-12,21,31H,1H3,(H,28,29)(H,34,35)/b22-20+. The maximum absolute atomic E-state index is 13.3. The molecule has 4 aromatic rings. The second-order valence-corrected chi connectivity index (χ2v) is 8.96. The number of methoxy groups -OCH3 is 1. The van der Waals surface area contributed by atoms with Crippen molar-refractivity contribution in [2.75, 3.05) is 12.0 Å². The molecular formula is C26H18BrN3O6. The fourth-order valence-electron chi connectivity index (χ4n) is 4.16. The van der Waals surface area contributed by atoms with Gasteiger partial charge in [-0.2, -0.15) is 0 Å². The number of imidazole rings is 1. The number of aliphatic hydroxyl groups is 1. The predicted molar refractivity (Wildman–Crippen MR) is 135 cm³/mol. The molecule has 1 amide bonds. The number of nitrogens with zero attached hydrogens (tertiary/aromatic N) is 2. The maximum atomic E-state index is 13.3. The highest BCUT2D eigenvalue weighted by atomic mass is 79.9. The van der Waals surface area contributed by atoms with Gasteiger partial charge in [0.25, 0.3) is 5.78 Å². The van der Waals surface area contributed by atoms with E-state index in [9.17, 15) is 24.6 Å². The Morgan fingerprint density at radius 3 is 2.31 bits per heavy atom. The summed E-state index contributed by atoms with van der Waals surface area (Å²) in [6, 6.07) is 16.8. The minimum absolute atomic E-state index is 0.0432. The number of halogens is 1. The molecule has 1 aromatic heterocycles. The Kier molecular flexibility index (Phi) is 5.81. The Balaban J connectivity index is 1.70. The van der Waals surface area contributed by atoms with Crippen molar-refractivity contribution in [3.8, 4) is 5.75 Å². The second-order valence-electron chi connectivity index (χ2n) is 8.05. The van der Waals surface area contributed by atoms with Gasteiger partial charge in [0.05, 0.1) is 35.3 Å². The molecule has 3 aromatic carbocycles. The monoisotopic (exact) mass is 547 g/mol. The Bertz CT molecular complexity index is 1560. The number of aliphatic hydroxyl groups excluding tert-OH is 1. The van der Waals surface area contributed by atoms with Crippen molar-refractivity contribution in [2.24, 2.45) is 0 Å². The van der Waals surface area contributed by atoms with Gasteiger partial charge in [-0.1, -0.05) is 40.2 Å². The molecule has 0 aliphatic carbocycles. The average Bonchev–Trinajstić information content (AvgIpc) is 3.41. The number of carboxylic acid groups (broad SMARTS) is 1. The normalized spacial score (nSPS) is 17.1. The lowest BCUT2D eigenvalue weighted by Gasteiger charge is -2.23. The summed E-state index contributed by atoms with van der Waals surface area (Å²) in [6.45, 7) is 0. The SMILES string of the molecule is COc1ccc(C2/C(=C(\O)c3ccc(Br)cc3)C(=O)C(=O)N2c2nc3ccc(C(=O)O)cc3[nH]2)cc1. The van der Waals surface area contributed by atoms with Crippen molar-refractivity contribution < 1.29 is 29.3 Å². The van der Waals surface area contributed by atoms with Gasteiger partial charge in [0.2, 0.25) is 5.95 Å². The Morgan fingerprint density at radius 2 is 1.67 bits per heavy atom. The molecular weight excluding hydrogens is 530 g/mol. The number of ketones is 1. The van der Waals surface area contributed by atoms with Gasteiger partial charge in [-0.3, -0.25) is 14.5 Å². The van der Waals surface area contributed by atoms with Gasteiger partial charge in [0, 0.05) is 10.0 Å². The van der Waals surface area contributed by atoms with Crippen molar-refractivity contribution in [2.45, 2.75) is 6.04 Å². The predicted octanol–water partition coefficient (Wildman–Crippen LogP) is 4.66. The van der Waals surface area contributed by atoms with Crippen LogP contribution >= 0.6 is 15.9 Å². The molecule has 0 radical (unpaired) electrons. The maximum Gasteiger partial charge on any atom is 0.335 e. The van der Waals surface area contributed by atoms with Crippen LogP contribution in [0, 0.1) is 0 Å². The topological polar surface area (TPSA) is 133 Å². The molecule has 1 unspecified atom stereocenters. The zero-order valence-corrected chi connectivity index (χ0v) is 20.3. The third kappa shape index (κ3) is 3.91. The van der Waals surface area contributed by atoms with Gasteiger partial charge < -0.3 is 19.9 Å². The summed E-state index contributed by atoms with van der Waals surface area (Å²) in [5.74, 6) is -2.57. The number of amides is 1. The molecule has 180 valence electrons. The van der Waals surface area contributed by atoms with E-state index in [2.05, 4.69) is 25.9 Å². The summed E-state index contributed by atoms with van der Waals surface area (Å²) in [5, 5.41) is 20.5. The van der Waals surface area contributed by atoms with Crippen LogP contribution in [-0.4, -0.2) is 45.0 Å². The van der Waals surface area contributed by atoms with Crippen molar-refractivity contribution in [3.63, 3.8) is 0 Å². The van der Waals surface area contributed by atoms with Crippen LogP contribution in [-0.2, 0) is 9.59 Å². The van der Waals surface area contributed by atoms with E-state index in [0.29, 0.717) is 27.9 Å². The molecule has 0 spiro atoms. The summed E-state index contributed by atoms with van der Waals surface area (Å²) < 4.78 is 6.02. The zero-order chi connectivity index (χ0) is 25.6. The van der Waals surface area contributed by atoms with Crippen molar-refractivity contribution in [1.82, 2.24) is 9.97 Å². The quantitative estimate of drug-likeness (QED) is 0.188. The molecule has 5 rings (SSSR count). The number of hydrogen-bond donors (Lipinski definition) is 3. The van der Waals surface area contributed by atoms with E-state index in [4.69, 9.17) is 4.74 Å². The molecule has 36 heavy (non-hydrogen) atoms. The number of carboxylic acids is 1. The molecule has 1 aliphatic heterocycles. The lowest BCUT2D eigenvalue weighted by molar-refractivity contribution is -0.132. The van der Waals surface area contributed by atoms with Crippen LogP contribution < -0.4 is 9.64 Å². The zero-order valence-electron chi connectivity index (χ0n) is 18.7. The second kappa shape index (κ2) is 8.97. The number of rotatable bonds is 5. The highest BCUT2D eigenvalue weighted by Gasteiger charge is 2.48. The van der Waals surface area contributed by atoms with Crippen LogP contribution in [0.4, 0.5) is 5.95 Å². The van der Waals surface area contributed by atoms with Crippen molar-refractivity contribution >= 4 is 56.3 Å². The van der Waals surface area contributed by atoms with Crippen LogP contribution in [0.25, 0.3) is 16.8 Å². The summed E-state index contributed by atoms with van der Waals surface area (Å²) in [7, 11) is 1.52. The number of nitrogens with one attached hydrogen (secondary N) is 1. The summed E-state index contributed by atoms with van der Waals surface area (Å²) in [4.78, 5) is 46.5. The average molecular weight is 548 g/mol. The van der Waals surface area contributed by atoms with Crippen molar-refractivity contribution in [3.05, 3.63) is 93.5 Å². The molecule has 10 heteroatoms. The van der Waals surface area contributed by atoms with E-state index in [1.165, 1.54) is 30.2 Å².